The molecule has 7 heteroatoms. The van der Waals surface area contributed by atoms with E-state index >= 15 is 0 Å². The molecule has 0 spiro atoms. The Morgan fingerprint density at radius 2 is 2.03 bits per heavy atom. The summed E-state index contributed by atoms with van der Waals surface area (Å²) in [6, 6.07) is 16.4. The fourth-order valence-electron chi connectivity index (χ4n) is 3.46. The van der Waals surface area contributed by atoms with E-state index in [0.717, 1.165) is 41.0 Å². The van der Waals surface area contributed by atoms with Gasteiger partial charge in [-0.3, -0.25) is 5.10 Å². The number of hydrogen-bond donors (Lipinski definition) is 3. The van der Waals surface area contributed by atoms with Gasteiger partial charge in [0.1, 0.15) is 6.33 Å². The molecule has 1 fully saturated rings. The monoisotopic (exact) mass is 408 g/mol. The van der Waals surface area contributed by atoms with Gasteiger partial charge in [0, 0.05) is 29.1 Å². The first-order valence-electron chi connectivity index (χ1n) is 9.91. The molecule has 1 aliphatic carbocycles. The van der Waals surface area contributed by atoms with Crippen LogP contribution in [0.4, 0.5) is 0 Å². The first-order chi connectivity index (χ1) is 14.2. The molecule has 0 aliphatic heterocycles. The third-order valence-electron chi connectivity index (χ3n) is 5.26. The highest BCUT2D eigenvalue weighted by molar-refractivity contribution is 6.30. The molecule has 2 aromatic carbocycles. The van der Waals surface area contributed by atoms with Crippen LogP contribution in [0.2, 0.25) is 5.02 Å². The lowest BCUT2D eigenvalue weighted by Crippen LogP contribution is -2.41. The number of aromatic nitrogens is 3. The van der Waals surface area contributed by atoms with Crippen molar-refractivity contribution in [3.63, 3.8) is 0 Å². The van der Waals surface area contributed by atoms with Crippen LogP contribution >= 0.6 is 11.6 Å². The molecule has 0 saturated heterocycles. The number of aromatic amines is 1. The van der Waals surface area contributed by atoms with Gasteiger partial charge >= 0.3 is 0 Å². The van der Waals surface area contributed by atoms with E-state index in [9.17, 15) is 0 Å². The smallest absolute Gasteiger partial charge is 0.191 e. The largest absolute Gasteiger partial charge is 0.357 e. The second-order valence-corrected chi connectivity index (χ2v) is 7.81. The van der Waals surface area contributed by atoms with Crippen LogP contribution in [0.3, 0.4) is 0 Å². The molecule has 6 nitrogen and oxygen atoms in total. The number of hydrogen-bond acceptors (Lipinski definition) is 3. The molecule has 0 amide bonds. The van der Waals surface area contributed by atoms with Gasteiger partial charge in [-0.15, -0.1) is 0 Å². The minimum absolute atomic E-state index is 0.160. The zero-order valence-electron chi connectivity index (χ0n) is 16.5. The van der Waals surface area contributed by atoms with Crippen LogP contribution in [0.15, 0.2) is 59.9 Å². The van der Waals surface area contributed by atoms with E-state index in [2.05, 4.69) is 57.0 Å². The first kappa shape index (κ1) is 19.5. The van der Waals surface area contributed by atoms with Gasteiger partial charge in [0.15, 0.2) is 11.8 Å². The highest BCUT2D eigenvalue weighted by atomic mass is 35.5. The fraction of sp³-hybridized carbons (Fsp3) is 0.318. The Bertz CT molecular complexity index is 978. The Kier molecular flexibility index (Phi) is 5.81. The third-order valence-corrected chi connectivity index (χ3v) is 5.50. The third kappa shape index (κ3) is 4.77. The molecule has 0 unspecified atom stereocenters. The van der Waals surface area contributed by atoms with Gasteiger partial charge in [0.25, 0.3) is 0 Å². The van der Waals surface area contributed by atoms with Crippen LogP contribution < -0.4 is 10.6 Å². The molecule has 0 atom stereocenters. The Morgan fingerprint density at radius 3 is 2.76 bits per heavy atom. The number of benzene rings is 2. The molecular weight excluding hydrogens is 384 g/mol. The van der Waals surface area contributed by atoms with Crippen LogP contribution in [0.1, 0.15) is 30.9 Å². The SMILES string of the molecule is CCNC(=NCc1cccc(-c2ncn[nH]2)c1)NCC1(c2cccc(Cl)c2)CC1. The highest BCUT2D eigenvalue weighted by Crippen LogP contribution is 2.48. The van der Waals surface area contributed by atoms with Crippen molar-refractivity contribution in [2.24, 2.45) is 4.99 Å². The van der Waals surface area contributed by atoms with Gasteiger partial charge in [-0.25, -0.2) is 9.98 Å². The van der Waals surface area contributed by atoms with Crippen molar-refractivity contribution in [2.45, 2.75) is 31.7 Å². The van der Waals surface area contributed by atoms with E-state index in [4.69, 9.17) is 16.6 Å². The van der Waals surface area contributed by atoms with E-state index in [1.54, 1.807) is 0 Å². The molecule has 29 heavy (non-hydrogen) atoms. The average molecular weight is 409 g/mol. The molecule has 1 saturated carbocycles. The number of rotatable bonds is 7. The minimum atomic E-state index is 0.160. The summed E-state index contributed by atoms with van der Waals surface area (Å²) >= 11 is 6.19. The van der Waals surface area contributed by atoms with E-state index in [0.29, 0.717) is 6.54 Å². The summed E-state index contributed by atoms with van der Waals surface area (Å²) in [6.07, 6.45) is 3.85. The number of guanidine groups is 1. The van der Waals surface area contributed by atoms with E-state index in [-0.39, 0.29) is 5.41 Å². The maximum Gasteiger partial charge on any atom is 0.191 e. The Balaban J connectivity index is 1.43. The summed E-state index contributed by atoms with van der Waals surface area (Å²) in [4.78, 5) is 8.98. The van der Waals surface area contributed by atoms with Crippen LogP contribution in [0.25, 0.3) is 11.4 Å². The molecular formula is C22H25ClN6. The molecule has 1 aromatic heterocycles. The average Bonchev–Trinajstić information content (AvgIpc) is 3.33. The van der Waals surface area contributed by atoms with Crippen molar-refractivity contribution in [3.8, 4) is 11.4 Å². The lowest BCUT2D eigenvalue weighted by atomic mass is 9.96. The summed E-state index contributed by atoms with van der Waals surface area (Å²) in [5.74, 6) is 1.59. The molecule has 0 radical (unpaired) electrons. The molecule has 4 rings (SSSR count). The lowest BCUT2D eigenvalue weighted by molar-refractivity contribution is 0.646. The Hall–Kier alpha value is -2.86. The van der Waals surface area contributed by atoms with E-state index < -0.39 is 0 Å². The molecule has 3 N–H and O–H groups in total. The quantitative estimate of drug-likeness (QED) is 0.409. The van der Waals surface area contributed by atoms with Crippen LogP contribution in [0.5, 0.6) is 0 Å². The molecule has 3 aromatic rings. The zero-order chi connectivity index (χ0) is 20.1. The van der Waals surface area contributed by atoms with Crippen LogP contribution in [-0.4, -0.2) is 34.2 Å². The van der Waals surface area contributed by atoms with Crippen molar-refractivity contribution in [3.05, 3.63) is 71.0 Å². The maximum absolute atomic E-state index is 6.19. The summed E-state index contributed by atoms with van der Waals surface area (Å²) in [7, 11) is 0. The zero-order valence-corrected chi connectivity index (χ0v) is 17.2. The summed E-state index contributed by atoms with van der Waals surface area (Å²) < 4.78 is 0. The van der Waals surface area contributed by atoms with Crippen molar-refractivity contribution >= 4 is 17.6 Å². The van der Waals surface area contributed by atoms with Gasteiger partial charge in [0.2, 0.25) is 0 Å². The van der Waals surface area contributed by atoms with Crippen molar-refractivity contribution < 1.29 is 0 Å². The van der Waals surface area contributed by atoms with Crippen molar-refractivity contribution in [1.29, 1.82) is 0 Å². The minimum Gasteiger partial charge on any atom is -0.357 e. The molecule has 1 heterocycles. The first-order valence-corrected chi connectivity index (χ1v) is 10.3. The second-order valence-electron chi connectivity index (χ2n) is 7.37. The number of nitrogens with zero attached hydrogens (tertiary/aromatic N) is 3. The highest BCUT2D eigenvalue weighted by Gasteiger charge is 2.44. The predicted octanol–water partition coefficient (Wildman–Crippen LogP) is 3.91. The van der Waals surface area contributed by atoms with Gasteiger partial charge in [-0.2, -0.15) is 5.10 Å². The number of H-pyrrole nitrogens is 1. The molecule has 150 valence electrons. The van der Waals surface area contributed by atoms with Crippen molar-refractivity contribution in [2.75, 3.05) is 13.1 Å². The number of aliphatic imine (C=N–C) groups is 1. The van der Waals surface area contributed by atoms with Gasteiger partial charge in [-0.1, -0.05) is 41.9 Å². The standard InChI is InChI=1S/C22H25ClN6/c1-2-24-21(26-14-22(9-10-22)18-7-4-8-19(23)12-18)25-13-16-5-3-6-17(11-16)20-27-15-28-29-20/h3-8,11-12,15H,2,9-10,13-14H2,1H3,(H2,24,25,26)(H,27,28,29). The van der Waals surface area contributed by atoms with E-state index in [1.807, 2.05) is 24.3 Å². The normalized spacial score (nSPS) is 15.2. The summed E-state index contributed by atoms with van der Waals surface area (Å²) in [5, 5.41) is 14.5. The van der Waals surface area contributed by atoms with Crippen LogP contribution in [-0.2, 0) is 12.0 Å². The number of halogens is 1. The van der Waals surface area contributed by atoms with E-state index in [1.165, 1.54) is 24.7 Å². The van der Waals surface area contributed by atoms with Gasteiger partial charge in [-0.05, 0) is 49.1 Å². The predicted molar refractivity (Wildman–Crippen MR) is 117 cm³/mol. The lowest BCUT2D eigenvalue weighted by Gasteiger charge is -2.19. The topological polar surface area (TPSA) is 78.0 Å². The van der Waals surface area contributed by atoms with Gasteiger partial charge < -0.3 is 10.6 Å². The van der Waals surface area contributed by atoms with Crippen LogP contribution in [0, 0.1) is 0 Å². The van der Waals surface area contributed by atoms with Gasteiger partial charge in [0.05, 0.1) is 6.54 Å². The summed E-state index contributed by atoms with van der Waals surface area (Å²) in [5.41, 5.74) is 3.58. The fourth-order valence-corrected chi connectivity index (χ4v) is 3.65. The Morgan fingerprint density at radius 1 is 1.17 bits per heavy atom. The number of nitrogens with one attached hydrogen (secondary N) is 3. The van der Waals surface area contributed by atoms with Crippen molar-refractivity contribution in [1.82, 2.24) is 25.8 Å². The second kappa shape index (κ2) is 8.66. The maximum atomic E-state index is 6.19. The summed E-state index contributed by atoms with van der Waals surface area (Å²) in [6.45, 7) is 4.32. The molecule has 0 bridgehead atoms. The molecule has 1 aliphatic rings. The Labute approximate surface area is 175 Å².